The standard InChI is InChI=1S/C16H30N2O3/c1-2-4-13(8-9-15(19)20)10-12-18-16(21)17-11-3-5-14-6-7-14/h13-14H,2-12H2,1H3,(H,19,20)(H2,17,18,21). The maximum absolute atomic E-state index is 11.6. The van der Waals surface area contributed by atoms with Gasteiger partial charge >= 0.3 is 12.0 Å². The highest BCUT2D eigenvalue weighted by Gasteiger charge is 2.20. The highest BCUT2D eigenvalue weighted by Crippen LogP contribution is 2.33. The fourth-order valence-electron chi connectivity index (χ4n) is 2.62. The zero-order valence-electron chi connectivity index (χ0n) is 13.2. The van der Waals surface area contributed by atoms with Crippen LogP contribution in [0, 0.1) is 11.8 Å². The number of hydrogen-bond acceptors (Lipinski definition) is 2. The van der Waals surface area contributed by atoms with Crippen LogP contribution in [0.1, 0.15) is 64.7 Å². The van der Waals surface area contributed by atoms with Gasteiger partial charge in [-0.05, 0) is 37.5 Å². The molecule has 1 unspecified atom stereocenters. The third kappa shape index (κ3) is 10.2. The van der Waals surface area contributed by atoms with E-state index in [2.05, 4.69) is 17.6 Å². The summed E-state index contributed by atoms with van der Waals surface area (Å²) in [4.78, 5) is 22.2. The second kappa shape index (κ2) is 10.5. The van der Waals surface area contributed by atoms with Gasteiger partial charge < -0.3 is 15.7 Å². The molecule has 122 valence electrons. The van der Waals surface area contributed by atoms with E-state index in [4.69, 9.17) is 5.11 Å². The number of rotatable bonds is 12. The first-order chi connectivity index (χ1) is 10.1. The van der Waals surface area contributed by atoms with E-state index in [1.165, 1.54) is 19.3 Å². The summed E-state index contributed by atoms with van der Waals surface area (Å²) in [5.74, 6) is 0.567. The zero-order chi connectivity index (χ0) is 15.5. The summed E-state index contributed by atoms with van der Waals surface area (Å²) < 4.78 is 0. The molecule has 5 nitrogen and oxygen atoms in total. The van der Waals surface area contributed by atoms with E-state index in [1.54, 1.807) is 0 Å². The number of carbonyl (C=O) groups is 2. The average Bonchev–Trinajstić information content (AvgIpc) is 3.25. The highest BCUT2D eigenvalue weighted by molar-refractivity contribution is 5.73. The smallest absolute Gasteiger partial charge is 0.314 e. The molecule has 2 amide bonds. The highest BCUT2D eigenvalue weighted by atomic mass is 16.4. The Bertz CT molecular complexity index is 317. The number of amides is 2. The SMILES string of the molecule is CCCC(CCNC(=O)NCCCC1CC1)CCC(=O)O. The number of carboxylic acids is 1. The maximum atomic E-state index is 11.6. The summed E-state index contributed by atoms with van der Waals surface area (Å²) in [5, 5.41) is 14.5. The number of nitrogens with one attached hydrogen (secondary N) is 2. The molecule has 1 saturated carbocycles. The Morgan fingerprint density at radius 3 is 2.48 bits per heavy atom. The first-order valence-corrected chi connectivity index (χ1v) is 8.35. The molecule has 0 spiro atoms. The molecule has 0 aromatic heterocycles. The number of carbonyl (C=O) groups excluding carboxylic acids is 1. The van der Waals surface area contributed by atoms with Crippen molar-refractivity contribution in [2.75, 3.05) is 13.1 Å². The van der Waals surface area contributed by atoms with Gasteiger partial charge in [0, 0.05) is 19.5 Å². The van der Waals surface area contributed by atoms with E-state index in [1.807, 2.05) is 0 Å². The zero-order valence-corrected chi connectivity index (χ0v) is 13.2. The van der Waals surface area contributed by atoms with Crippen molar-refractivity contribution >= 4 is 12.0 Å². The topological polar surface area (TPSA) is 78.4 Å². The van der Waals surface area contributed by atoms with Gasteiger partial charge in [0.1, 0.15) is 0 Å². The lowest BCUT2D eigenvalue weighted by molar-refractivity contribution is -0.137. The molecular formula is C16H30N2O3. The number of hydrogen-bond donors (Lipinski definition) is 3. The predicted molar refractivity (Wildman–Crippen MR) is 83.2 cm³/mol. The molecule has 1 rings (SSSR count). The summed E-state index contributed by atoms with van der Waals surface area (Å²) in [6.07, 6.45) is 8.88. The molecule has 0 aliphatic heterocycles. The van der Waals surface area contributed by atoms with Gasteiger partial charge in [-0.2, -0.15) is 0 Å². The monoisotopic (exact) mass is 298 g/mol. The molecule has 0 aromatic carbocycles. The van der Waals surface area contributed by atoms with Gasteiger partial charge in [-0.25, -0.2) is 4.79 Å². The lowest BCUT2D eigenvalue weighted by Gasteiger charge is -2.15. The predicted octanol–water partition coefficient (Wildman–Crippen LogP) is 3.15. The van der Waals surface area contributed by atoms with Crippen molar-refractivity contribution in [1.29, 1.82) is 0 Å². The number of aliphatic carboxylic acids is 1. The minimum absolute atomic E-state index is 0.0979. The van der Waals surface area contributed by atoms with Crippen LogP contribution in [-0.4, -0.2) is 30.2 Å². The Morgan fingerprint density at radius 2 is 1.86 bits per heavy atom. The summed E-state index contributed by atoms with van der Waals surface area (Å²) in [7, 11) is 0. The molecular weight excluding hydrogens is 268 g/mol. The maximum Gasteiger partial charge on any atom is 0.314 e. The molecule has 0 heterocycles. The van der Waals surface area contributed by atoms with Crippen LogP contribution in [0.15, 0.2) is 0 Å². The molecule has 3 N–H and O–H groups in total. The van der Waals surface area contributed by atoms with Gasteiger partial charge in [-0.1, -0.05) is 32.6 Å². The van der Waals surface area contributed by atoms with Crippen LogP contribution in [0.3, 0.4) is 0 Å². The van der Waals surface area contributed by atoms with Crippen molar-refractivity contribution in [3.63, 3.8) is 0 Å². The lowest BCUT2D eigenvalue weighted by Crippen LogP contribution is -2.37. The molecule has 1 aliphatic rings. The molecule has 0 saturated heterocycles. The summed E-state index contributed by atoms with van der Waals surface area (Å²) in [6, 6.07) is -0.0979. The van der Waals surface area contributed by atoms with Gasteiger partial charge in [0.15, 0.2) is 0 Å². The summed E-state index contributed by atoms with van der Waals surface area (Å²) in [5.41, 5.74) is 0. The van der Waals surface area contributed by atoms with E-state index in [-0.39, 0.29) is 12.5 Å². The molecule has 5 heteroatoms. The number of carboxylic acid groups (broad SMARTS) is 1. The van der Waals surface area contributed by atoms with Gasteiger partial charge in [-0.15, -0.1) is 0 Å². The summed E-state index contributed by atoms with van der Waals surface area (Å²) in [6.45, 7) is 3.48. The first-order valence-electron chi connectivity index (χ1n) is 8.35. The Labute approximate surface area is 127 Å². The lowest BCUT2D eigenvalue weighted by atomic mass is 9.94. The molecule has 0 aromatic rings. The third-order valence-electron chi connectivity index (χ3n) is 4.07. The van der Waals surface area contributed by atoms with E-state index in [0.29, 0.717) is 18.9 Å². The second-order valence-electron chi connectivity index (χ2n) is 6.14. The minimum Gasteiger partial charge on any atom is -0.481 e. The average molecular weight is 298 g/mol. The van der Waals surface area contributed by atoms with Gasteiger partial charge in [-0.3, -0.25) is 4.79 Å². The first kappa shape index (κ1) is 17.8. The van der Waals surface area contributed by atoms with Crippen LogP contribution < -0.4 is 10.6 Å². The van der Waals surface area contributed by atoms with Crippen molar-refractivity contribution in [1.82, 2.24) is 10.6 Å². The molecule has 1 aliphatic carbocycles. The van der Waals surface area contributed by atoms with Crippen LogP contribution in [0.5, 0.6) is 0 Å². The Balaban J connectivity index is 2.01. The molecule has 1 fully saturated rings. The van der Waals surface area contributed by atoms with E-state index >= 15 is 0 Å². The van der Waals surface area contributed by atoms with E-state index in [0.717, 1.165) is 38.1 Å². The molecule has 21 heavy (non-hydrogen) atoms. The largest absolute Gasteiger partial charge is 0.481 e. The van der Waals surface area contributed by atoms with Crippen molar-refractivity contribution in [2.24, 2.45) is 11.8 Å². The van der Waals surface area contributed by atoms with Crippen molar-refractivity contribution in [3.8, 4) is 0 Å². The minimum atomic E-state index is -0.738. The third-order valence-corrected chi connectivity index (χ3v) is 4.07. The summed E-state index contributed by atoms with van der Waals surface area (Å²) >= 11 is 0. The van der Waals surface area contributed by atoms with E-state index in [9.17, 15) is 9.59 Å². The molecule has 1 atom stereocenters. The van der Waals surface area contributed by atoms with Crippen LogP contribution in [0.4, 0.5) is 4.79 Å². The van der Waals surface area contributed by atoms with Crippen molar-refractivity contribution in [2.45, 2.75) is 64.7 Å². The van der Waals surface area contributed by atoms with Gasteiger partial charge in [0.05, 0.1) is 0 Å². The van der Waals surface area contributed by atoms with Crippen LogP contribution in [-0.2, 0) is 4.79 Å². The van der Waals surface area contributed by atoms with Crippen molar-refractivity contribution in [3.05, 3.63) is 0 Å². The molecule has 0 bridgehead atoms. The van der Waals surface area contributed by atoms with Crippen LogP contribution in [0.25, 0.3) is 0 Å². The normalized spacial score (nSPS) is 15.5. The Kier molecular flexibility index (Phi) is 8.87. The molecule has 0 radical (unpaired) electrons. The van der Waals surface area contributed by atoms with E-state index < -0.39 is 5.97 Å². The fourth-order valence-corrected chi connectivity index (χ4v) is 2.62. The number of urea groups is 1. The van der Waals surface area contributed by atoms with Crippen molar-refractivity contribution < 1.29 is 14.7 Å². The quantitative estimate of drug-likeness (QED) is 0.484. The van der Waals surface area contributed by atoms with Gasteiger partial charge in [0.25, 0.3) is 0 Å². The Hall–Kier alpha value is -1.26. The van der Waals surface area contributed by atoms with Gasteiger partial charge in [0.2, 0.25) is 0 Å². The Morgan fingerprint density at radius 1 is 1.14 bits per heavy atom. The van der Waals surface area contributed by atoms with Crippen LogP contribution >= 0.6 is 0 Å². The van der Waals surface area contributed by atoms with Crippen LogP contribution in [0.2, 0.25) is 0 Å². The fraction of sp³-hybridized carbons (Fsp3) is 0.875. The second-order valence-corrected chi connectivity index (χ2v) is 6.14.